The van der Waals surface area contributed by atoms with Crippen molar-refractivity contribution in [3.05, 3.63) is 67.9 Å². The molecule has 1 heterocycles. The number of anilines is 3. The van der Waals surface area contributed by atoms with Crippen LogP contribution in [-0.4, -0.2) is 30.0 Å². The monoisotopic (exact) mass is 399 g/mol. The molecule has 29 heavy (non-hydrogen) atoms. The minimum absolute atomic E-state index is 0.0352. The second-order valence-electron chi connectivity index (χ2n) is 6.30. The van der Waals surface area contributed by atoms with Gasteiger partial charge < -0.3 is 25.1 Å². The number of phenols is 1. The van der Waals surface area contributed by atoms with E-state index in [0.717, 1.165) is 5.76 Å². The molecule has 8 heteroatoms. The van der Waals surface area contributed by atoms with Crippen molar-refractivity contribution < 1.29 is 14.3 Å². The van der Waals surface area contributed by atoms with E-state index in [1.807, 2.05) is 13.8 Å². The summed E-state index contributed by atoms with van der Waals surface area (Å²) < 4.78 is 5.42. The summed E-state index contributed by atoms with van der Waals surface area (Å²) in [6.07, 6.45) is 0. The number of amides is 1. The number of nitrogens with zero attached hydrogens (tertiary/aromatic N) is 1. The average molecular weight is 399 g/mol. The fourth-order valence-corrected chi connectivity index (χ4v) is 2.63. The first-order valence-electron chi connectivity index (χ1n) is 9.22. The van der Waals surface area contributed by atoms with Gasteiger partial charge in [0.2, 0.25) is 0 Å². The van der Waals surface area contributed by atoms with Crippen molar-refractivity contribution in [3.8, 4) is 5.75 Å². The van der Waals surface area contributed by atoms with Gasteiger partial charge in [-0.2, -0.15) is 0 Å². The van der Waals surface area contributed by atoms with Gasteiger partial charge in [-0.1, -0.05) is 19.9 Å². The first-order valence-corrected chi connectivity index (χ1v) is 9.22. The van der Waals surface area contributed by atoms with Gasteiger partial charge in [0.1, 0.15) is 22.9 Å². The molecule has 0 saturated carbocycles. The van der Waals surface area contributed by atoms with Crippen LogP contribution < -0.4 is 21.5 Å². The quantitative estimate of drug-likeness (QED) is 0.431. The van der Waals surface area contributed by atoms with Gasteiger partial charge in [-0.25, -0.2) is 0 Å². The predicted molar refractivity (Wildman–Crippen MR) is 113 cm³/mol. The van der Waals surface area contributed by atoms with Gasteiger partial charge >= 0.3 is 0 Å². The normalized spacial score (nSPS) is 10.2. The highest BCUT2D eigenvalue weighted by Gasteiger charge is 2.23. The summed E-state index contributed by atoms with van der Waals surface area (Å²) >= 11 is 0. The van der Waals surface area contributed by atoms with Crippen molar-refractivity contribution in [1.82, 2.24) is 4.90 Å². The van der Waals surface area contributed by atoms with E-state index in [1.54, 1.807) is 39.2 Å². The van der Waals surface area contributed by atoms with Crippen molar-refractivity contribution in [3.63, 3.8) is 0 Å². The van der Waals surface area contributed by atoms with E-state index in [-0.39, 0.29) is 40.8 Å². The second kappa shape index (κ2) is 9.09. The molecule has 3 aromatic rings. The number of hydrogen-bond donors (Lipinski definition) is 3. The van der Waals surface area contributed by atoms with Crippen LogP contribution in [0, 0.1) is 6.92 Å². The largest absolute Gasteiger partial charge is 0.505 e. The number of nitrogens with one attached hydrogen (secondary N) is 2. The third kappa shape index (κ3) is 4.48. The molecular weight excluding hydrogens is 374 g/mol. The Hall–Kier alpha value is -3.55. The highest BCUT2D eigenvalue weighted by atomic mass is 16.3. The van der Waals surface area contributed by atoms with Gasteiger partial charge in [0.05, 0.1) is 17.8 Å². The molecule has 2 aromatic carbocycles. The molecule has 0 aliphatic rings. The van der Waals surface area contributed by atoms with Gasteiger partial charge in [-0.3, -0.25) is 14.4 Å². The molecule has 0 fully saturated rings. The number of aryl methyl sites for hydroxylation is 1. The fraction of sp³-hybridized carbons (Fsp3) is 0.286. The Labute approximate surface area is 168 Å². The lowest BCUT2D eigenvalue weighted by Crippen LogP contribution is -2.36. The van der Waals surface area contributed by atoms with Crippen molar-refractivity contribution in [2.24, 2.45) is 0 Å². The van der Waals surface area contributed by atoms with E-state index in [2.05, 4.69) is 10.6 Å². The molecule has 0 aliphatic heterocycles. The summed E-state index contributed by atoms with van der Waals surface area (Å²) in [5.74, 6) is 0.680. The molecule has 0 bridgehead atoms. The summed E-state index contributed by atoms with van der Waals surface area (Å²) in [6.45, 7) is 6.04. The molecule has 0 saturated heterocycles. The Morgan fingerprint density at radius 2 is 1.72 bits per heavy atom. The maximum atomic E-state index is 12.1. The van der Waals surface area contributed by atoms with Crippen LogP contribution in [0.15, 0.2) is 44.3 Å². The van der Waals surface area contributed by atoms with Crippen LogP contribution in [0.4, 0.5) is 17.1 Å². The van der Waals surface area contributed by atoms with Crippen LogP contribution in [0.2, 0.25) is 0 Å². The Kier molecular flexibility index (Phi) is 6.82. The number of benzene rings is 1. The van der Waals surface area contributed by atoms with E-state index in [4.69, 9.17) is 4.42 Å². The molecule has 0 unspecified atom stereocenters. The number of para-hydroxylation sites is 1. The third-order valence-corrected chi connectivity index (χ3v) is 4.08. The molecule has 8 nitrogen and oxygen atoms in total. The third-order valence-electron chi connectivity index (χ3n) is 4.08. The van der Waals surface area contributed by atoms with E-state index >= 15 is 0 Å². The van der Waals surface area contributed by atoms with Crippen molar-refractivity contribution in [2.75, 3.05) is 24.7 Å². The molecule has 1 amide bonds. The molecule has 0 aliphatic carbocycles. The zero-order valence-electron chi connectivity index (χ0n) is 17.1. The van der Waals surface area contributed by atoms with E-state index < -0.39 is 10.9 Å². The lowest BCUT2D eigenvalue weighted by molar-refractivity contribution is 0.0824. The lowest BCUT2D eigenvalue weighted by atomic mass is 10.1. The van der Waals surface area contributed by atoms with Crippen molar-refractivity contribution in [1.29, 1.82) is 0 Å². The Morgan fingerprint density at radius 3 is 2.31 bits per heavy atom. The minimum Gasteiger partial charge on any atom is -0.505 e. The van der Waals surface area contributed by atoms with E-state index in [0.29, 0.717) is 5.76 Å². The van der Waals surface area contributed by atoms with Crippen LogP contribution in [0.25, 0.3) is 0 Å². The molecule has 3 N–H and O–H groups in total. The lowest BCUT2D eigenvalue weighted by Gasteiger charge is -2.17. The van der Waals surface area contributed by atoms with Gasteiger partial charge in [0.25, 0.3) is 16.8 Å². The van der Waals surface area contributed by atoms with Gasteiger partial charge in [-0.05, 0) is 31.2 Å². The first-order chi connectivity index (χ1) is 13.8. The predicted octanol–water partition coefficient (Wildman–Crippen LogP) is 2.97. The van der Waals surface area contributed by atoms with E-state index in [9.17, 15) is 19.5 Å². The number of furan rings is 1. The zero-order chi connectivity index (χ0) is 21.7. The summed E-state index contributed by atoms with van der Waals surface area (Å²) in [4.78, 5) is 37.3. The molecule has 154 valence electrons. The molecule has 0 atom stereocenters. The maximum absolute atomic E-state index is 12.1. The molecule has 0 spiro atoms. The number of carbonyl (C=O) groups is 1. The number of hydrogen-bond acceptors (Lipinski definition) is 7. The Bertz CT molecular complexity index is 1070. The smallest absolute Gasteiger partial charge is 0.257 e. The fourth-order valence-electron chi connectivity index (χ4n) is 2.63. The number of carbonyl (C=O) groups excluding carboxylic acids is 1. The van der Waals surface area contributed by atoms with Gasteiger partial charge in [0, 0.05) is 14.1 Å². The van der Waals surface area contributed by atoms with Crippen molar-refractivity contribution in [2.45, 2.75) is 27.3 Å². The van der Waals surface area contributed by atoms with Crippen molar-refractivity contribution >= 4 is 23.0 Å². The highest BCUT2D eigenvalue weighted by Crippen LogP contribution is 2.32. The van der Waals surface area contributed by atoms with Gasteiger partial charge in [-0.15, -0.1) is 0 Å². The Morgan fingerprint density at radius 1 is 1.07 bits per heavy atom. The second-order valence-corrected chi connectivity index (χ2v) is 6.30. The zero-order valence-corrected chi connectivity index (χ0v) is 17.1. The van der Waals surface area contributed by atoms with E-state index in [1.165, 1.54) is 17.0 Å². The average Bonchev–Trinajstić information content (AvgIpc) is 3.14. The number of aromatic hydroxyl groups is 1. The van der Waals surface area contributed by atoms with Crippen LogP contribution in [0.5, 0.6) is 5.75 Å². The molecule has 0 radical (unpaired) electrons. The molecule has 3 rings (SSSR count). The summed E-state index contributed by atoms with van der Waals surface area (Å²) in [5.41, 5.74) is -0.959. The number of rotatable bonds is 6. The van der Waals surface area contributed by atoms with Crippen LogP contribution >= 0.6 is 0 Å². The molecular formula is C21H25N3O5. The first kappa shape index (κ1) is 21.7. The van der Waals surface area contributed by atoms with Crippen LogP contribution in [-0.2, 0) is 6.54 Å². The topological polar surface area (TPSA) is 112 Å². The number of phenolic OH excluding ortho intramolecular Hbond substituents is 1. The Balaban J connectivity index is 0.00000145. The SMILES string of the molecule is CC.Cc1ccc(CNc2c(Nc3cccc(C(=O)N(C)C)c3O)c(=O)c2=O)o1. The van der Waals surface area contributed by atoms with Crippen LogP contribution in [0.1, 0.15) is 35.7 Å². The summed E-state index contributed by atoms with van der Waals surface area (Å²) in [7, 11) is 3.13. The summed E-state index contributed by atoms with van der Waals surface area (Å²) in [5, 5.41) is 16.0. The van der Waals surface area contributed by atoms with Gasteiger partial charge in [0.15, 0.2) is 5.75 Å². The standard InChI is InChI=1S/C19H19N3O5.C2H6/c1-10-7-8-11(27-10)9-20-14-15(18(25)17(14)24)21-13-6-4-5-12(16(13)23)19(26)22(2)3;1-2/h4-8,20-21,23H,9H2,1-3H3;1-2H3. The summed E-state index contributed by atoms with van der Waals surface area (Å²) in [6, 6.07) is 8.12. The van der Waals surface area contributed by atoms with Crippen LogP contribution in [0.3, 0.4) is 0 Å². The minimum atomic E-state index is -0.697. The molecule has 1 aromatic heterocycles. The maximum Gasteiger partial charge on any atom is 0.257 e. The highest BCUT2D eigenvalue weighted by molar-refractivity contribution is 5.99.